The number of fused-ring (bicyclic) bond motifs is 1. The Balaban J connectivity index is 1.55. The molecule has 1 aliphatic rings. The van der Waals surface area contributed by atoms with Gasteiger partial charge < -0.3 is 14.8 Å². The summed E-state index contributed by atoms with van der Waals surface area (Å²) >= 11 is 0. The summed E-state index contributed by atoms with van der Waals surface area (Å²) in [6, 6.07) is 18.0. The average molecular weight is 435 g/mol. The lowest BCUT2D eigenvalue weighted by Gasteiger charge is -2.29. The quantitative estimate of drug-likeness (QED) is 0.440. The summed E-state index contributed by atoms with van der Waals surface area (Å²) in [5.74, 6) is -0.167. The molecule has 0 bridgehead atoms. The number of hydrogen-bond acceptors (Lipinski definition) is 3. The fourth-order valence-electron chi connectivity index (χ4n) is 3.80. The maximum absolute atomic E-state index is 12.5. The molecule has 4 rings (SSSR count). The molecule has 1 N–H and O–H groups in total. The van der Waals surface area contributed by atoms with E-state index in [1.807, 2.05) is 24.3 Å². The fourth-order valence-corrected chi connectivity index (χ4v) is 3.80. The first-order chi connectivity index (χ1) is 14.8. The fraction of sp³-hybridized carbons (Fsp3) is 0.217. The van der Waals surface area contributed by atoms with Crippen LogP contribution in [-0.2, 0) is 6.42 Å². The van der Waals surface area contributed by atoms with Crippen molar-refractivity contribution >= 4 is 5.69 Å². The molecule has 0 aromatic heterocycles. The highest BCUT2D eigenvalue weighted by Crippen LogP contribution is 2.39. The molecular formula is C23H18F5NO2. The molecule has 1 aliphatic heterocycles. The Labute approximate surface area is 175 Å². The Morgan fingerprint density at radius 1 is 0.903 bits per heavy atom. The molecule has 8 heteroatoms. The predicted octanol–water partition coefficient (Wildman–Crippen LogP) is 6.95. The van der Waals surface area contributed by atoms with E-state index in [2.05, 4.69) is 14.8 Å². The Bertz CT molecular complexity index is 1050. The molecule has 3 aromatic carbocycles. The van der Waals surface area contributed by atoms with Gasteiger partial charge in [0.2, 0.25) is 0 Å². The summed E-state index contributed by atoms with van der Waals surface area (Å²) in [7, 11) is 0. The zero-order valence-corrected chi connectivity index (χ0v) is 16.1. The van der Waals surface area contributed by atoms with E-state index >= 15 is 0 Å². The number of nitrogens with one attached hydrogen (secondary N) is 1. The van der Waals surface area contributed by atoms with Crippen LogP contribution in [0, 0.1) is 0 Å². The maximum atomic E-state index is 12.5. The highest BCUT2D eigenvalue weighted by molar-refractivity contribution is 5.75. The van der Waals surface area contributed by atoms with Gasteiger partial charge in [-0.1, -0.05) is 36.4 Å². The van der Waals surface area contributed by atoms with E-state index in [9.17, 15) is 22.0 Å². The molecule has 1 heterocycles. The van der Waals surface area contributed by atoms with E-state index in [1.165, 1.54) is 18.2 Å². The first-order valence-electron chi connectivity index (χ1n) is 9.58. The van der Waals surface area contributed by atoms with Crippen molar-refractivity contribution in [2.24, 2.45) is 0 Å². The molecule has 3 aromatic rings. The normalized spacial score (nSPS) is 15.9. The first-order valence-corrected chi connectivity index (χ1v) is 9.58. The van der Waals surface area contributed by atoms with Crippen LogP contribution >= 0.6 is 0 Å². The van der Waals surface area contributed by atoms with Crippen molar-refractivity contribution in [1.29, 1.82) is 0 Å². The summed E-state index contributed by atoms with van der Waals surface area (Å²) in [6.07, 6.45) is -3.30. The van der Waals surface area contributed by atoms with Gasteiger partial charge in [-0.05, 0) is 65.4 Å². The molecule has 162 valence electrons. The highest BCUT2D eigenvalue weighted by Gasteiger charge is 2.31. The van der Waals surface area contributed by atoms with Crippen LogP contribution in [0.5, 0.6) is 11.5 Å². The van der Waals surface area contributed by atoms with Crippen LogP contribution < -0.4 is 14.8 Å². The predicted molar refractivity (Wildman–Crippen MR) is 106 cm³/mol. The van der Waals surface area contributed by atoms with Crippen LogP contribution in [-0.4, -0.2) is 13.0 Å². The number of anilines is 1. The molecule has 1 unspecified atom stereocenters. The lowest BCUT2D eigenvalue weighted by atomic mass is 9.88. The third-order valence-corrected chi connectivity index (χ3v) is 5.07. The molecule has 0 aliphatic carbocycles. The zero-order valence-electron chi connectivity index (χ0n) is 16.1. The van der Waals surface area contributed by atoms with Crippen LogP contribution in [0.25, 0.3) is 11.1 Å². The Morgan fingerprint density at radius 3 is 2.35 bits per heavy atom. The van der Waals surface area contributed by atoms with E-state index in [0.717, 1.165) is 34.4 Å². The van der Waals surface area contributed by atoms with Gasteiger partial charge in [0, 0.05) is 5.69 Å². The minimum absolute atomic E-state index is 0.0773. The number of benzene rings is 3. The third-order valence-electron chi connectivity index (χ3n) is 5.07. The topological polar surface area (TPSA) is 30.5 Å². The van der Waals surface area contributed by atoms with Gasteiger partial charge in [0.15, 0.2) is 0 Å². The van der Waals surface area contributed by atoms with E-state index in [1.54, 1.807) is 24.3 Å². The van der Waals surface area contributed by atoms with Gasteiger partial charge >= 0.3 is 13.0 Å². The van der Waals surface area contributed by atoms with Crippen LogP contribution in [0.3, 0.4) is 0 Å². The second-order valence-corrected chi connectivity index (χ2v) is 7.09. The molecule has 31 heavy (non-hydrogen) atoms. The second-order valence-electron chi connectivity index (χ2n) is 7.09. The monoisotopic (exact) mass is 435 g/mol. The molecule has 0 spiro atoms. The first kappa shape index (κ1) is 21.0. The molecular weight excluding hydrogens is 417 g/mol. The standard InChI is InChI=1S/C23H18F5NO2/c24-22(25)30-17-4-1-3-15(13-17)20-12-11-19-18(5-2-6-21(19)29-20)14-7-9-16(10-8-14)31-23(26,27)28/h1-10,13,20,22,29H,11-12H2. The van der Waals surface area contributed by atoms with Crippen LogP contribution in [0.15, 0.2) is 66.7 Å². The lowest BCUT2D eigenvalue weighted by molar-refractivity contribution is -0.274. The smallest absolute Gasteiger partial charge is 0.435 e. The van der Waals surface area contributed by atoms with E-state index in [4.69, 9.17) is 0 Å². The van der Waals surface area contributed by atoms with Gasteiger partial charge in [0.1, 0.15) is 11.5 Å². The Kier molecular flexibility index (Phi) is 5.71. The second kappa shape index (κ2) is 8.45. The summed E-state index contributed by atoms with van der Waals surface area (Å²) in [4.78, 5) is 0. The van der Waals surface area contributed by atoms with Crippen molar-refractivity contribution in [2.45, 2.75) is 31.9 Å². The van der Waals surface area contributed by atoms with Crippen molar-refractivity contribution in [3.05, 3.63) is 77.9 Å². The van der Waals surface area contributed by atoms with Crippen molar-refractivity contribution in [1.82, 2.24) is 0 Å². The van der Waals surface area contributed by atoms with E-state index in [0.29, 0.717) is 6.42 Å². The molecule has 3 nitrogen and oxygen atoms in total. The van der Waals surface area contributed by atoms with Gasteiger partial charge in [0.05, 0.1) is 6.04 Å². The van der Waals surface area contributed by atoms with Crippen molar-refractivity contribution in [2.75, 3.05) is 5.32 Å². The molecule has 0 saturated heterocycles. The largest absolute Gasteiger partial charge is 0.573 e. The number of hydrogen-bond donors (Lipinski definition) is 1. The molecule has 0 saturated carbocycles. The van der Waals surface area contributed by atoms with Gasteiger partial charge in [-0.2, -0.15) is 8.78 Å². The highest BCUT2D eigenvalue weighted by atomic mass is 19.4. The molecule has 0 amide bonds. The molecule has 0 fully saturated rings. The Hall–Kier alpha value is -3.29. The van der Waals surface area contributed by atoms with Crippen LogP contribution in [0.4, 0.5) is 27.6 Å². The number of rotatable bonds is 5. The third kappa shape index (κ3) is 5.07. The number of alkyl halides is 5. The van der Waals surface area contributed by atoms with Crippen molar-refractivity contribution < 1.29 is 31.4 Å². The van der Waals surface area contributed by atoms with Crippen molar-refractivity contribution in [3.8, 4) is 22.6 Å². The van der Waals surface area contributed by atoms with E-state index < -0.39 is 13.0 Å². The summed E-state index contributed by atoms with van der Waals surface area (Å²) in [5, 5.41) is 3.43. The Morgan fingerprint density at radius 2 is 1.65 bits per heavy atom. The van der Waals surface area contributed by atoms with Crippen LogP contribution in [0.1, 0.15) is 23.6 Å². The SMILES string of the molecule is FC(F)Oc1cccc(C2CCc3c(cccc3-c3ccc(OC(F)(F)F)cc3)N2)c1. The summed E-state index contributed by atoms with van der Waals surface area (Å²) in [5.41, 5.74) is 4.46. The number of ether oxygens (including phenoxy) is 2. The maximum Gasteiger partial charge on any atom is 0.573 e. The summed E-state index contributed by atoms with van der Waals surface area (Å²) < 4.78 is 70.6. The van der Waals surface area contributed by atoms with Gasteiger partial charge in [-0.15, -0.1) is 13.2 Å². The minimum Gasteiger partial charge on any atom is -0.435 e. The summed E-state index contributed by atoms with van der Waals surface area (Å²) in [6.45, 7) is -2.88. The van der Waals surface area contributed by atoms with Gasteiger partial charge in [-0.3, -0.25) is 0 Å². The molecule has 0 radical (unpaired) electrons. The average Bonchev–Trinajstić information content (AvgIpc) is 2.72. The van der Waals surface area contributed by atoms with Crippen LogP contribution in [0.2, 0.25) is 0 Å². The minimum atomic E-state index is -4.73. The van der Waals surface area contributed by atoms with E-state index in [-0.39, 0.29) is 17.5 Å². The van der Waals surface area contributed by atoms with Gasteiger partial charge in [0.25, 0.3) is 0 Å². The lowest BCUT2D eigenvalue weighted by Crippen LogP contribution is -2.18. The number of halogens is 5. The van der Waals surface area contributed by atoms with Gasteiger partial charge in [-0.25, -0.2) is 0 Å². The molecule has 1 atom stereocenters. The van der Waals surface area contributed by atoms with Crippen molar-refractivity contribution in [3.63, 3.8) is 0 Å². The zero-order chi connectivity index (χ0) is 22.0.